The summed E-state index contributed by atoms with van der Waals surface area (Å²) in [5.41, 5.74) is 3.96. The molecule has 0 atom stereocenters. The molecule has 28 heavy (non-hydrogen) atoms. The van der Waals surface area contributed by atoms with Crippen LogP contribution < -0.4 is 5.32 Å². The molecule has 0 saturated carbocycles. The minimum Gasteiger partial charge on any atom is -0.444 e. The molecule has 1 N–H and O–H groups in total. The first kappa shape index (κ1) is 19.3. The van der Waals surface area contributed by atoms with Crippen molar-refractivity contribution in [1.82, 2.24) is 0 Å². The van der Waals surface area contributed by atoms with E-state index in [-0.39, 0.29) is 0 Å². The molecule has 0 radical (unpaired) electrons. The summed E-state index contributed by atoms with van der Waals surface area (Å²) in [5.74, 6) is 6.45. The first-order chi connectivity index (χ1) is 13.4. The van der Waals surface area contributed by atoms with E-state index in [0.717, 1.165) is 22.3 Å². The van der Waals surface area contributed by atoms with E-state index in [1.807, 2.05) is 99.6 Å². The number of benzene rings is 3. The van der Waals surface area contributed by atoms with E-state index in [1.54, 1.807) is 0 Å². The van der Waals surface area contributed by atoms with E-state index < -0.39 is 11.7 Å². The first-order valence-electron chi connectivity index (χ1n) is 9.17. The predicted molar refractivity (Wildman–Crippen MR) is 114 cm³/mol. The summed E-state index contributed by atoms with van der Waals surface area (Å²) >= 11 is 0. The molecule has 3 aromatic rings. The van der Waals surface area contributed by atoms with E-state index in [9.17, 15) is 4.79 Å². The van der Waals surface area contributed by atoms with Gasteiger partial charge in [-0.05, 0) is 62.2 Å². The molecule has 0 saturated heterocycles. The third kappa shape index (κ3) is 5.49. The van der Waals surface area contributed by atoms with Crippen molar-refractivity contribution in [2.75, 3.05) is 5.32 Å². The Morgan fingerprint density at radius 1 is 0.857 bits per heavy atom. The second-order valence-electron chi connectivity index (χ2n) is 7.37. The smallest absolute Gasteiger partial charge is 0.412 e. The Bertz CT molecular complexity index is 1010. The quantitative estimate of drug-likeness (QED) is 0.554. The lowest BCUT2D eigenvalue weighted by Gasteiger charge is -2.20. The van der Waals surface area contributed by atoms with Gasteiger partial charge < -0.3 is 4.74 Å². The summed E-state index contributed by atoms with van der Waals surface area (Å²) in [6.07, 6.45) is -0.477. The molecule has 140 valence electrons. The van der Waals surface area contributed by atoms with Crippen LogP contribution >= 0.6 is 0 Å². The van der Waals surface area contributed by atoms with E-state index in [4.69, 9.17) is 4.74 Å². The van der Waals surface area contributed by atoms with Crippen molar-refractivity contribution in [2.24, 2.45) is 0 Å². The minimum atomic E-state index is -0.548. The lowest BCUT2D eigenvalue weighted by molar-refractivity contribution is 0.0636. The third-order valence-electron chi connectivity index (χ3n) is 3.86. The Hall–Kier alpha value is -3.51. The fourth-order valence-electron chi connectivity index (χ4n) is 2.67. The Morgan fingerprint density at radius 3 is 2.14 bits per heavy atom. The normalized spacial score (nSPS) is 10.5. The average molecular weight is 369 g/mol. The number of hydrogen-bond donors (Lipinski definition) is 1. The summed E-state index contributed by atoms with van der Waals surface area (Å²) in [4.78, 5) is 12.1. The molecule has 3 nitrogen and oxygen atoms in total. The van der Waals surface area contributed by atoms with Gasteiger partial charge in [-0.25, -0.2) is 4.79 Å². The van der Waals surface area contributed by atoms with Gasteiger partial charge in [0.15, 0.2) is 0 Å². The summed E-state index contributed by atoms with van der Waals surface area (Å²) < 4.78 is 5.34. The van der Waals surface area contributed by atoms with Crippen molar-refractivity contribution in [3.05, 3.63) is 90.0 Å². The minimum absolute atomic E-state index is 0.477. The number of carbonyl (C=O) groups is 1. The van der Waals surface area contributed by atoms with Crippen molar-refractivity contribution < 1.29 is 9.53 Å². The SMILES string of the molecule is CC(C)(C)OC(=O)Nc1ccc(C#Cc2ccccc2)c(-c2ccccc2)c1. The fraction of sp³-hybridized carbons (Fsp3) is 0.160. The molecular formula is C25H23NO2. The maximum atomic E-state index is 12.1. The number of carbonyl (C=O) groups excluding carboxylic acids is 1. The third-order valence-corrected chi connectivity index (χ3v) is 3.86. The number of anilines is 1. The number of amides is 1. The van der Waals surface area contributed by atoms with Crippen LogP contribution in [0.15, 0.2) is 78.9 Å². The first-order valence-corrected chi connectivity index (χ1v) is 9.17. The molecule has 0 spiro atoms. The number of hydrogen-bond acceptors (Lipinski definition) is 2. The molecule has 0 fully saturated rings. The highest BCUT2D eigenvalue weighted by atomic mass is 16.6. The largest absolute Gasteiger partial charge is 0.444 e. The van der Waals surface area contributed by atoms with Crippen molar-refractivity contribution in [1.29, 1.82) is 0 Å². The van der Waals surface area contributed by atoms with Gasteiger partial charge in [0.1, 0.15) is 5.60 Å². The Labute approximate surface area is 166 Å². The van der Waals surface area contributed by atoms with Crippen LogP contribution in [0, 0.1) is 11.8 Å². The molecule has 0 heterocycles. The van der Waals surface area contributed by atoms with E-state index in [1.165, 1.54) is 0 Å². The summed E-state index contributed by atoms with van der Waals surface area (Å²) in [7, 11) is 0. The van der Waals surface area contributed by atoms with Crippen molar-refractivity contribution in [3.63, 3.8) is 0 Å². The summed E-state index contributed by atoms with van der Waals surface area (Å²) in [6.45, 7) is 5.51. The molecule has 3 rings (SSSR count). The topological polar surface area (TPSA) is 38.3 Å². The van der Waals surface area contributed by atoms with Gasteiger partial charge >= 0.3 is 6.09 Å². The van der Waals surface area contributed by atoms with Gasteiger partial charge in [-0.1, -0.05) is 60.4 Å². The fourth-order valence-corrected chi connectivity index (χ4v) is 2.67. The number of nitrogens with one attached hydrogen (secondary N) is 1. The lowest BCUT2D eigenvalue weighted by Crippen LogP contribution is -2.27. The van der Waals surface area contributed by atoms with Crippen LogP contribution in [0.25, 0.3) is 11.1 Å². The van der Waals surface area contributed by atoms with Crippen LogP contribution in [0.5, 0.6) is 0 Å². The van der Waals surface area contributed by atoms with Gasteiger partial charge in [-0.2, -0.15) is 0 Å². The van der Waals surface area contributed by atoms with E-state index in [0.29, 0.717) is 5.69 Å². The highest BCUT2D eigenvalue weighted by molar-refractivity contribution is 5.87. The molecule has 0 aliphatic rings. The molecule has 0 aliphatic heterocycles. The van der Waals surface area contributed by atoms with Gasteiger partial charge in [0, 0.05) is 16.8 Å². The highest BCUT2D eigenvalue weighted by Crippen LogP contribution is 2.27. The molecule has 1 amide bonds. The molecule has 0 aromatic heterocycles. The van der Waals surface area contributed by atoms with Crippen LogP contribution in [0.3, 0.4) is 0 Å². The maximum absolute atomic E-state index is 12.1. The van der Waals surface area contributed by atoms with Crippen molar-refractivity contribution in [3.8, 4) is 23.0 Å². The summed E-state index contributed by atoms with van der Waals surface area (Å²) in [5, 5.41) is 2.80. The molecule has 3 heteroatoms. The highest BCUT2D eigenvalue weighted by Gasteiger charge is 2.16. The monoisotopic (exact) mass is 369 g/mol. The second kappa shape index (κ2) is 8.45. The number of ether oxygens (including phenoxy) is 1. The zero-order chi connectivity index (χ0) is 20.0. The van der Waals surface area contributed by atoms with Crippen LogP contribution in [-0.2, 0) is 4.74 Å². The molecule has 3 aromatic carbocycles. The van der Waals surface area contributed by atoms with Gasteiger partial charge in [0.25, 0.3) is 0 Å². The zero-order valence-corrected chi connectivity index (χ0v) is 16.3. The zero-order valence-electron chi connectivity index (χ0n) is 16.3. The predicted octanol–water partition coefficient (Wildman–Crippen LogP) is 6.10. The summed E-state index contributed by atoms with van der Waals surface area (Å²) in [6, 6.07) is 25.5. The molecule has 0 bridgehead atoms. The van der Waals surface area contributed by atoms with Gasteiger partial charge in [0.05, 0.1) is 0 Å². The van der Waals surface area contributed by atoms with E-state index in [2.05, 4.69) is 17.2 Å². The standard InChI is InChI=1S/C25H23NO2/c1-25(2,3)28-24(27)26-22-17-16-21(15-14-19-10-6-4-7-11-19)23(18-22)20-12-8-5-9-13-20/h4-13,16-18H,1-3H3,(H,26,27). The van der Waals surface area contributed by atoms with Crippen LogP contribution in [0.2, 0.25) is 0 Å². The van der Waals surface area contributed by atoms with Gasteiger partial charge in [-0.3, -0.25) is 5.32 Å². The Morgan fingerprint density at radius 2 is 1.50 bits per heavy atom. The Balaban J connectivity index is 1.95. The van der Waals surface area contributed by atoms with Crippen LogP contribution in [0.1, 0.15) is 31.9 Å². The second-order valence-corrected chi connectivity index (χ2v) is 7.37. The number of rotatable bonds is 2. The molecule has 0 unspecified atom stereocenters. The molecular weight excluding hydrogens is 346 g/mol. The van der Waals surface area contributed by atoms with Gasteiger partial charge in [0.2, 0.25) is 0 Å². The van der Waals surface area contributed by atoms with E-state index >= 15 is 0 Å². The average Bonchev–Trinajstić information content (AvgIpc) is 2.67. The molecule has 0 aliphatic carbocycles. The van der Waals surface area contributed by atoms with Gasteiger partial charge in [-0.15, -0.1) is 0 Å². The van der Waals surface area contributed by atoms with Crippen LogP contribution in [-0.4, -0.2) is 11.7 Å². The van der Waals surface area contributed by atoms with Crippen molar-refractivity contribution >= 4 is 11.8 Å². The maximum Gasteiger partial charge on any atom is 0.412 e. The lowest BCUT2D eigenvalue weighted by atomic mass is 9.99. The van der Waals surface area contributed by atoms with Crippen molar-refractivity contribution in [2.45, 2.75) is 26.4 Å². The Kier molecular flexibility index (Phi) is 5.81. The van der Waals surface area contributed by atoms with Crippen LogP contribution in [0.4, 0.5) is 10.5 Å².